The fourth-order valence-electron chi connectivity index (χ4n) is 20.3. The molecule has 1 aliphatic carbocycles. The van der Waals surface area contributed by atoms with Gasteiger partial charge in [0.25, 0.3) is 47.3 Å². The highest BCUT2D eigenvalue weighted by Gasteiger charge is 2.47. The van der Waals surface area contributed by atoms with Gasteiger partial charge in [0.15, 0.2) is 0 Å². The molecule has 16 heteroatoms. The number of benzene rings is 12. The third kappa shape index (κ3) is 14.4. The number of unbranched alkanes of at least 4 members (excludes halogenated alkanes) is 12. The molecule has 8 amide bonds. The Balaban J connectivity index is 0.812. The Morgan fingerprint density at radius 2 is 0.694 bits per heavy atom. The average Bonchev–Trinajstić information content (AvgIpc) is 0.675. The SMILES string of the molecule is CCCCCCN(CCCCCC)c1ccc2c3c(cccc13)C(=O)N(c1ccc(Oc3cc4c5c(ccc6c7c(Oc8ccc(N9C(=O)c%10cccc%11c(N(CCCCCC)CCCCCC)ccc(c%10%11)C9=O)cc8)cc8c9c(ccc(c3c56)c97)C(=O)N(C3C(C(C)C)=CC=CC3C(C)C)C8=O)C(=O)N(c3c(C(C)C)cccc3C(C)C)C4=O)cc1)C2=O. The van der Waals surface area contributed by atoms with Gasteiger partial charge in [-0.25, -0.2) is 14.7 Å². The molecule has 124 heavy (non-hydrogen) atoms. The van der Waals surface area contributed by atoms with Crippen molar-refractivity contribution in [2.24, 2.45) is 17.8 Å². The van der Waals surface area contributed by atoms with Crippen LogP contribution in [0.3, 0.4) is 0 Å². The third-order valence-corrected chi connectivity index (χ3v) is 26.6. The first-order valence-corrected chi connectivity index (χ1v) is 45.6. The summed E-state index contributed by atoms with van der Waals surface area (Å²) in [6, 6.07) is 48.8. The minimum absolute atomic E-state index is 0.0180. The number of rotatable bonds is 34. The van der Waals surface area contributed by atoms with Crippen molar-refractivity contribution >= 4 is 140 Å². The van der Waals surface area contributed by atoms with E-state index in [4.69, 9.17) is 9.47 Å². The number of hydrogen-bond acceptors (Lipinski definition) is 12. The summed E-state index contributed by atoms with van der Waals surface area (Å²) in [4.78, 5) is 136. The molecule has 0 spiro atoms. The van der Waals surface area contributed by atoms with Gasteiger partial charge in [-0.15, -0.1) is 0 Å². The first-order chi connectivity index (χ1) is 60.1. The number of carbonyl (C=O) groups is 8. The van der Waals surface area contributed by atoms with Crippen LogP contribution in [-0.2, 0) is 0 Å². The van der Waals surface area contributed by atoms with Crippen molar-refractivity contribution in [1.82, 2.24) is 4.90 Å². The molecule has 16 nitrogen and oxygen atoms in total. The molecule has 12 aromatic carbocycles. The Labute approximate surface area is 727 Å². The fraction of sp³-hybridized carbons (Fsp3) is 0.352. The molecule has 0 radical (unpaired) electrons. The molecule has 0 aromatic heterocycles. The summed E-state index contributed by atoms with van der Waals surface area (Å²) in [5.74, 6) is -3.41. The predicted octanol–water partition coefficient (Wildman–Crippen LogP) is 26.6. The van der Waals surface area contributed by atoms with Crippen molar-refractivity contribution in [3.63, 3.8) is 0 Å². The summed E-state index contributed by atoms with van der Waals surface area (Å²) in [5.41, 5.74) is 8.38. The lowest BCUT2D eigenvalue weighted by molar-refractivity contribution is 0.0504. The highest BCUT2D eigenvalue weighted by Crippen LogP contribution is 2.55. The van der Waals surface area contributed by atoms with Crippen LogP contribution < -0.4 is 34.0 Å². The van der Waals surface area contributed by atoms with E-state index in [2.05, 4.69) is 71.3 Å². The maximum absolute atomic E-state index is 16.4. The number of nitrogens with zero attached hydrogens (tertiary/aromatic N) is 6. The van der Waals surface area contributed by atoms with Gasteiger partial charge >= 0.3 is 0 Å². The summed E-state index contributed by atoms with van der Waals surface area (Å²) < 4.78 is 14.6. The molecule has 2 atom stereocenters. The number of hydrogen-bond donors (Lipinski definition) is 0. The van der Waals surface area contributed by atoms with Crippen LogP contribution in [0.1, 0.15) is 292 Å². The van der Waals surface area contributed by atoms with E-state index in [1.165, 1.54) is 19.6 Å². The van der Waals surface area contributed by atoms with Crippen LogP contribution in [-0.4, -0.2) is 84.4 Å². The van der Waals surface area contributed by atoms with Crippen LogP contribution >= 0.6 is 0 Å². The molecule has 12 aromatic rings. The molecule has 2 unspecified atom stereocenters. The van der Waals surface area contributed by atoms with Crippen molar-refractivity contribution < 1.29 is 47.8 Å². The summed E-state index contributed by atoms with van der Waals surface area (Å²) in [6.45, 7) is 28.9. The van der Waals surface area contributed by atoms with Crippen molar-refractivity contribution in [1.29, 1.82) is 0 Å². The largest absolute Gasteiger partial charge is 0.457 e. The minimum Gasteiger partial charge on any atom is -0.457 e. The van der Waals surface area contributed by atoms with E-state index in [0.29, 0.717) is 93.2 Å². The second-order valence-electron chi connectivity index (χ2n) is 35.9. The monoisotopic (exact) mass is 1650 g/mol. The standard InChI is InChI=1S/C108H112N6O10/c1-13-17-21-25-57-109(58-26-22-18-14-2)87-55-53-81-91-75(87)37-31-39-79(91)101(115)111(103(81)117)67-41-45-69(46-42-67)123-89-61-85-93-83(105(119)113(107(85)121)99-71(63(5)6)33-29-34-72(99)64(7)8)52-50-78-96-90(62-86-94-84(51-49-77(98(94)96)95(89)97(78)93)106(120)114(108(86)122)100-73(65(9)10)35-30-36-74(100)66(11)12)124-70-47-43-68(44-48-70)112-102(116)80-40-32-38-76-88(56-54-82(92(76)80)104(112)118)110(59-27-23-19-15-3)60-28-24-20-16-4/h29-56,61-66,71,99H,13-28,57-60H2,1-12H3. The second-order valence-corrected chi connectivity index (χ2v) is 35.9. The Kier molecular flexibility index (Phi) is 23.5. The van der Waals surface area contributed by atoms with E-state index in [9.17, 15) is 0 Å². The molecule has 0 N–H and O–H groups in total. The fourth-order valence-corrected chi connectivity index (χ4v) is 20.3. The number of amides is 8. The molecule has 634 valence electrons. The quantitative estimate of drug-likeness (QED) is 0.0162. The van der Waals surface area contributed by atoms with E-state index in [1.54, 1.807) is 84.9 Å². The van der Waals surface area contributed by atoms with E-state index >= 15 is 38.4 Å². The number of ether oxygens (including phenoxy) is 2. The number of imide groups is 4. The minimum atomic E-state index is -0.647. The number of para-hydroxylation sites is 1. The Morgan fingerprint density at radius 3 is 1.10 bits per heavy atom. The van der Waals surface area contributed by atoms with Crippen molar-refractivity contribution in [2.45, 2.75) is 204 Å². The zero-order valence-corrected chi connectivity index (χ0v) is 73.7. The smallest absolute Gasteiger partial charge is 0.266 e. The Hall–Kier alpha value is -12.3. The number of carbonyl (C=O) groups excluding carboxylic acids is 8. The molecule has 4 aliphatic heterocycles. The van der Waals surface area contributed by atoms with Crippen LogP contribution in [0.25, 0.3) is 64.6 Å². The summed E-state index contributed by atoms with van der Waals surface area (Å²) in [6.07, 6.45) is 23.9. The predicted molar refractivity (Wildman–Crippen MR) is 502 cm³/mol. The molecule has 0 bridgehead atoms. The molecular weight excluding hydrogens is 1540 g/mol. The molecule has 17 rings (SSSR count). The summed E-state index contributed by atoms with van der Waals surface area (Å²) >= 11 is 0. The van der Waals surface area contributed by atoms with Gasteiger partial charge in [0.05, 0.1) is 34.2 Å². The molecule has 0 saturated carbocycles. The molecule has 0 saturated heterocycles. The average molecular weight is 1650 g/mol. The zero-order chi connectivity index (χ0) is 86.8. The molecule has 5 aliphatic rings. The Morgan fingerprint density at radius 1 is 0.331 bits per heavy atom. The van der Waals surface area contributed by atoms with E-state index in [1.807, 2.05) is 119 Å². The maximum atomic E-state index is 16.4. The van der Waals surface area contributed by atoms with E-state index in [-0.39, 0.29) is 74.8 Å². The van der Waals surface area contributed by atoms with Crippen molar-refractivity contribution in [2.75, 3.05) is 50.7 Å². The van der Waals surface area contributed by atoms with Gasteiger partial charge in [-0.3, -0.25) is 43.3 Å². The van der Waals surface area contributed by atoms with Crippen LogP contribution in [0.4, 0.5) is 28.4 Å². The second kappa shape index (κ2) is 34.8. The van der Waals surface area contributed by atoms with E-state index < -0.39 is 53.3 Å². The maximum Gasteiger partial charge on any atom is 0.266 e. The van der Waals surface area contributed by atoms with Gasteiger partial charge in [0.2, 0.25) is 0 Å². The van der Waals surface area contributed by atoms with E-state index in [0.717, 1.165) is 168 Å². The zero-order valence-electron chi connectivity index (χ0n) is 73.7. The lowest BCUT2D eigenvalue weighted by atomic mass is 9.75. The highest BCUT2D eigenvalue weighted by atomic mass is 16.5. The van der Waals surface area contributed by atoms with Crippen LogP contribution in [0.15, 0.2) is 188 Å². The summed E-state index contributed by atoms with van der Waals surface area (Å²) in [7, 11) is 0. The van der Waals surface area contributed by atoms with Gasteiger partial charge in [-0.05, 0) is 186 Å². The van der Waals surface area contributed by atoms with Gasteiger partial charge in [-0.1, -0.05) is 233 Å². The van der Waals surface area contributed by atoms with Crippen LogP contribution in [0.5, 0.6) is 23.0 Å². The number of anilines is 5. The highest BCUT2D eigenvalue weighted by molar-refractivity contribution is 6.46. The molecule has 4 heterocycles. The van der Waals surface area contributed by atoms with Gasteiger partial charge in [0, 0.05) is 131 Å². The number of allylic oxidation sites excluding steroid dienone is 2. The van der Waals surface area contributed by atoms with Gasteiger partial charge in [0.1, 0.15) is 23.0 Å². The third-order valence-electron chi connectivity index (χ3n) is 26.6. The first-order valence-electron chi connectivity index (χ1n) is 45.6. The van der Waals surface area contributed by atoms with Crippen molar-refractivity contribution in [3.8, 4) is 23.0 Å². The lowest BCUT2D eigenvalue weighted by Gasteiger charge is -2.42. The van der Waals surface area contributed by atoms with Gasteiger partial charge in [-0.2, -0.15) is 0 Å². The lowest BCUT2D eigenvalue weighted by Crippen LogP contribution is -2.52. The normalized spacial score (nSPS) is 15.8. The number of fused-ring (bicyclic) bond motifs is 2. The first kappa shape index (κ1) is 83.9. The topological polar surface area (TPSA) is 174 Å². The van der Waals surface area contributed by atoms with Crippen LogP contribution in [0, 0.1) is 17.8 Å². The van der Waals surface area contributed by atoms with Crippen molar-refractivity contribution in [3.05, 3.63) is 243 Å². The van der Waals surface area contributed by atoms with Crippen LogP contribution in [0.2, 0.25) is 0 Å². The van der Waals surface area contributed by atoms with Gasteiger partial charge < -0.3 is 19.3 Å². The molecular formula is C108H112N6O10. The summed E-state index contributed by atoms with van der Waals surface area (Å²) in [5, 5.41) is 6.69. The Bertz CT molecular complexity index is 6290. The molecule has 0 fully saturated rings.